The topological polar surface area (TPSA) is 80.8 Å². The van der Waals surface area contributed by atoms with Gasteiger partial charge in [-0.05, 0) is 36.2 Å². The number of amides is 2. The molecular weight excluding hydrogens is 418 g/mol. The van der Waals surface area contributed by atoms with Crippen molar-refractivity contribution in [3.63, 3.8) is 0 Å². The third kappa shape index (κ3) is 6.17. The number of aromatic nitrogens is 1. The van der Waals surface area contributed by atoms with Gasteiger partial charge in [0.05, 0.1) is 25.2 Å². The molecule has 170 valence electrons. The van der Waals surface area contributed by atoms with Crippen LogP contribution in [-0.2, 0) is 16.0 Å². The molecule has 0 radical (unpaired) electrons. The SMILES string of the molecule is C[C@H](Oc1ccc(C(=O)Nc2ccc(CC(=O)N3CCOCC3)cc2)cn1)c1ccccc1. The quantitative estimate of drug-likeness (QED) is 0.597. The Bertz CT molecular complexity index is 1060. The number of nitrogens with zero attached hydrogens (tertiary/aromatic N) is 2. The average molecular weight is 446 g/mol. The van der Waals surface area contributed by atoms with Gasteiger partial charge < -0.3 is 19.7 Å². The molecule has 0 unspecified atom stereocenters. The molecule has 1 aromatic heterocycles. The summed E-state index contributed by atoms with van der Waals surface area (Å²) in [5, 5.41) is 2.86. The van der Waals surface area contributed by atoms with Crippen LogP contribution in [0.4, 0.5) is 5.69 Å². The molecule has 3 aromatic rings. The number of nitrogens with one attached hydrogen (secondary N) is 1. The van der Waals surface area contributed by atoms with E-state index < -0.39 is 0 Å². The van der Waals surface area contributed by atoms with Crippen molar-refractivity contribution in [3.8, 4) is 5.88 Å². The Morgan fingerprint density at radius 3 is 2.42 bits per heavy atom. The molecule has 0 bridgehead atoms. The molecule has 2 amide bonds. The number of carbonyl (C=O) groups is 2. The van der Waals surface area contributed by atoms with Gasteiger partial charge >= 0.3 is 0 Å². The van der Waals surface area contributed by atoms with Crippen molar-refractivity contribution in [3.05, 3.63) is 89.6 Å². The zero-order chi connectivity index (χ0) is 23.0. The largest absolute Gasteiger partial charge is 0.470 e. The first-order valence-corrected chi connectivity index (χ1v) is 11.0. The van der Waals surface area contributed by atoms with E-state index in [0.717, 1.165) is 11.1 Å². The van der Waals surface area contributed by atoms with Crippen molar-refractivity contribution in [2.75, 3.05) is 31.6 Å². The van der Waals surface area contributed by atoms with Crippen LogP contribution in [-0.4, -0.2) is 48.0 Å². The molecule has 7 nitrogen and oxygen atoms in total. The third-order valence-corrected chi connectivity index (χ3v) is 5.50. The van der Waals surface area contributed by atoms with Crippen molar-refractivity contribution < 1.29 is 19.1 Å². The number of hydrogen-bond acceptors (Lipinski definition) is 5. The zero-order valence-electron chi connectivity index (χ0n) is 18.6. The van der Waals surface area contributed by atoms with Gasteiger partial charge in [-0.3, -0.25) is 9.59 Å². The molecule has 4 rings (SSSR count). The lowest BCUT2D eigenvalue weighted by Gasteiger charge is -2.26. The highest BCUT2D eigenvalue weighted by Gasteiger charge is 2.17. The summed E-state index contributed by atoms with van der Waals surface area (Å²) in [4.78, 5) is 31.0. The second-order valence-electron chi connectivity index (χ2n) is 7.88. The molecule has 0 aliphatic carbocycles. The monoisotopic (exact) mass is 445 g/mol. The number of rotatable bonds is 7. The lowest BCUT2D eigenvalue weighted by atomic mass is 10.1. The van der Waals surface area contributed by atoms with E-state index in [0.29, 0.717) is 49.9 Å². The number of pyridine rings is 1. The molecule has 2 aromatic carbocycles. The van der Waals surface area contributed by atoms with Gasteiger partial charge in [0, 0.05) is 31.0 Å². The fraction of sp³-hybridized carbons (Fsp3) is 0.269. The summed E-state index contributed by atoms with van der Waals surface area (Å²) in [6.07, 6.45) is 1.69. The summed E-state index contributed by atoms with van der Waals surface area (Å²) in [5.74, 6) is 0.282. The van der Waals surface area contributed by atoms with Gasteiger partial charge in [-0.15, -0.1) is 0 Å². The molecule has 1 N–H and O–H groups in total. The van der Waals surface area contributed by atoms with Gasteiger partial charge in [0.15, 0.2) is 0 Å². The summed E-state index contributed by atoms with van der Waals surface area (Å²) in [7, 11) is 0. The minimum atomic E-state index is -0.262. The Balaban J connectivity index is 1.30. The summed E-state index contributed by atoms with van der Waals surface area (Å²) in [6, 6.07) is 20.6. The Labute approximate surface area is 193 Å². The van der Waals surface area contributed by atoms with E-state index in [2.05, 4.69) is 10.3 Å². The van der Waals surface area contributed by atoms with E-state index in [1.807, 2.05) is 54.3 Å². The number of benzene rings is 2. The van der Waals surface area contributed by atoms with Crippen LogP contribution in [0, 0.1) is 0 Å². The zero-order valence-corrected chi connectivity index (χ0v) is 18.6. The third-order valence-electron chi connectivity index (χ3n) is 5.50. The fourth-order valence-corrected chi connectivity index (χ4v) is 3.57. The first-order chi connectivity index (χ1) is 16.1. The first-order valence-electron chi connectivity index (χ1n) is 11.0. The summed E-state index contributed by atoms with van der Waals surface area (Å²) in [6.45, 7) is 4.40. The van der Waals surface area contributed by atoms with Crippen molar-refractivity contribution in [1.29, 1.82) is 0 Å². The Morgan fingerprint density at radius 1 is 1.03 bits per heavy atom. The van der Waals surface area contributed by atoms with E-state index in [9.17, 15) is 9.59 Å². The van der Waals surface area contributed by atoms with Crippen molar-refractivity contribution in [2.45, 2.75) is 19.4 Å². The van der Waals surface area contributed by atoms with Crippen LogP contribution in [0.5, 0.6) is 5.88 Å². The molecule has 2 heterocycles. The van der Waals surface area contributed by atoms with Gasteiger partial charge in [0.2, 0.25) is 11.8 Å². The molecule has 7 heteroatoms. The smallest absolute Gasteiger partial charge is 0.257 e. The van der Waals surface area contributed by atoms with E-state index in [1.165, 1.54) is 6.20 Å². The van der Waals surface area contributed by atoms with Crippen LogP contribution in [0.2, 0.25) is 0 Å². The van der Waals surface area contributed by atoms with E-state index in [1.54, 1.807) is 24.3 Å². The number of morpholine rings is 1. The minimum Gasteiger partial charge on any atom is -0.470 e. The first kappa shape index (κ1) is 22.5. The van der Waals surface area contributed by atoms with Crippen LogP contribution < -0.4 is 10.1 Å². The molecule has 1 saturated heterocycles. The summed E-state index contributed by atoms with van der Waals surface area (Å²) < 4.78 is 11.1. The summed E-state index contributed by atoms with van der Waals surface area (Å²) in [5.41, 5.74) is 3.04. The van der Waals surface area contributed by atoms with Gasteiger partial charge in [0.1, 0.15) is 6.10 Å². The number of anilines is 1. The van der Waals surface area contributed by atoms with Gasteiger partial charge in [0.25, 0.3) is 5.91 Å². The van der Waals surface area contributed by atoms with Crippen molar-refractivity contribution in [1.82, 2.24) is 9.88 Å². The Morgan fingerprint density at radius 2 is 1.76 bits per heavy atom. The number of carbonyl (C=O) groups excluding carboxylic acids is 2. The van der Waals surface area contributed by atoms with E-state index >= 15 is 0 Å². The minimum absolute atomic E-state index is 0.0880. The normalized spacial score (nSPS) is 14.4. The molecular formula is C26H27N3O4. The van der Waals surface area contributed by atoms with E-state index in [4.69, 9.17) is 9.47 Å². The molecule has 1 aliphatic rings. The highest BCUT2D eigenvalue weighted by molar-refractivity contribution is 6.04. The molecule has 33 heavy (non-hydrogen) atoms. The second kappa shape index (κ2) is 10.7. The Kier molecular flexibility index (Phi) is 7.32. The maximum atomic E-state index is 12.6. The average Bonchev–Trinajstić information content (AvgIpc) is 2.86. The predicted octanol–water partition coefficient (Wildman–Crippen LogP) is 3.88. The van der Waals surface area contributed by atoms with Crippen LogP contribution in [0.15, 0.2) is 72.9 Å². The molecule has 0 spiro atoms. The molecule has 0 saturated carbocycles. The maximum Gasteiger partial charge on any atom is 0.257 e. The predicted molar refractivity (Wildman–Crippen MR) is 125 cm³/mol. The number of ether oxygens (including phenoxy) is 2. The summed E-state index contributed by atoms with van der Waals surface area (Å²) >= 11 is 0. The van der Waals surface area contributed by atoms with E-state index in [-0.39, 0.29) is 17.9 Å². The Hall–Kier alpha value is -3.71. The van der Waals surface area contributed by atoms with Crippen LogP contribution in [0.25, 0.3) is 0 Å². The lowest BCUT2D eigenvalue weighted by molar-refractivity contribution is -0.134. The van der Waals surface area contributed by atoms with Gasteiger partial charge in [-0.25, -0.2) is 4.98 Å². The van der Waals surface area contributed by atoms with Crippen LogP contribution in [0.1, 0.15) is 34.5 Å². The highest BCUT2D eigenvalue weighted by Crippen LogP contribution is 2.20. The van der Waals surface area contributed by atoms with Crippen LogP contribution in [0.3, 0.4) is 0 Å². The molecule has 1 fully saturated rings. The van der Waals surface area contributed by atoms with Crippen molar-refractivity contribution in [2.24, 2.45) is 0 Å². The second-order valence-corrected chi connectivity index (χ2v) is 7.88. The molecule has 1 aliphatic heterocycles. The lowest BCUT2D eigenvalue weighted by Crippen LogP contribution is -2.41. The highest BCUT2D eigenvalue weighted by atomic mass is 16.5. The number of hydrogen-bond donors (Lipinski definition) is 1. The van der Waals surface area contributed by atoms with Gasteiger partial charge in [-0.1, -0.05) is 42.5 Å². The van der Waals surface area contributed by atoms with Crippen molar-refractivity contribution >= 4 is 17.5 Å². The van der Waals surface area contributed by atoms with Crippen LogP contribution >= 0.6 is 0 Å². The standard InChI is InChI=1S/C26H27N3O4/c1-19(21-5-3-2-4-6-21)33-24-12-9-22(18-27-24)26(31)28-23-10-7-20(8-11-23)17-25(30)29-13-15-32-16-14-29/h2-12,18-19H,13-17H2,1H3,(H,28,31)/t19-/m0/s1. The van der Waals surface area contributed by atoms with Gasteiger partial charge in [-0.2, -0.15) is 0 Å². The fourth-order valence-electron chi connectivity index (χ4n) is 3.57. The maximum absolute atomic E-state index is 12.6. The molecule has 1 atom stereocenters.